The fraction of sp³-hybridized carbons (Fsp3) is 0.500. The van der Waals surface area contributed by atoms with Crippen LogP contribution in [0.5, 0.6) is 11.5 Å². The molecule has 1 atom stereocenters. The zero-order chi connectivity index (χ0) is 16.0. The lowest BCUT2D eigenvalue weighted by Gasteiger charge is -2.24. The molecule has 1 saturated heterocycles. The molecule has 1 N–H and O–H groups in total. The molecule has 0 aromatic heterocycles. The van der Waals surface area contributed by atoms with Gasteiger partial charge in [0.1, 0.15) is 6.04 Å². The van der Waals surface area contributed by atoms with Crippen LogP contribution in [0.1, 0.15) is 36.0 Å². The first kappa shape index (κ1) is 14.6. The van der Waals surface area contributed by atoms with Crippen LogP contribution in [0.4, 0.5) is 0 Å². The number of amides is 2. The number of halogens is 1. The summed E-state index contributed by atoms with van der Waals surface area (Å²) in [5, 5.41) is 3.33. The number of nitrogens with one attached hydrogen (secondary N) is 1. The van der Waals surface area contributed by atoms with Crippen molar-refractivity contribution in [3.8, 4) is 11.5 Å². The number of ether oxygens (including phenoxy) is 2. The molecule has 7 heteroatoms. The van der Waals surface area contributed by atoms with E-state index in [1.807, 2.05) is 0 Å². The number of nitrogens with zero attached hydrogens (tertiary/aromatic N) is 1. The molecule has 2 aliphatic heterocycles. The van der Waals surface area contributed by atoms with Crippen molar-refractivity contribution in [1.29, 1.82) is 0 Å². The third kappa shape index (κ3) is 2.72. The topological polar surface area (TPSA) is 67.9 Å². The molecule has 0 bridgehead atoms. The quantitative estimate of drug-likeness (QED) is 0.916. The Bertz CT molecular complexity index is 674. The first-order chi connectivity index (χ1) is 11.1. The first-order valence-corrected chi connectivity index (χ1v) is 8.22. The van der Waals surface area contributed by atoms with Crippen LogP contribution in [0.2, 0.25) is 5.02 Å². The van der Waals surface area contributed by atoms with Crippen LogP contribution in [0.15, 0.2) is 12.1 Å². The Hall–Kier alpha value is -1.95. The van der Waals surface area contributed by atoms with Crippen molar-refractivity contribution < 1.29 is 19.1 Å². The summed E-state index contributed by atoms with van der Waals surface area (Å²) < 4.78 is 10.6. The molecule has 2 amide bonds. The van der Waals surface area contributed by atoms with E-state index in [1.54, 1.807) is 17.0 Å². The fourth-order valence-electron chi connectivity index (χ4n) is 3.06. The summed E-state index contributed by atoms with van der Waals surface area (Å²) in [6.45, 7) is 0.677. The molecule has 2 heterocycles. The first-order valence-electron chi connectivity index (χ1n) is 7.84. The van der Waals surface area contributed by atoms with Gasteiger partial charge in [-0.1, -0.05) is 11.6 Å². The Morgan fingerprint density at radius 2 is 2.04 bits per heavy atom. The molecule has 1 aromatic rings. The van der Waals surface area contributed by atoms with E-state index >= 15 is 0 Å². The second kappa shape index (κ2) is 5.60. The number of hydrogen-bond acceptors (Lipinski definition) is 4. The molecule has 1 aromatic carbocycles. The summed E-state index contributed by atoms with van der Waals surface area (Å²) in [5.41, 5.74) is 0.422. The molecule has 3 aliphatic rings. The van der Waals surface area contributed by atoms with Crippen LogP contribution in [0.3, 0.4) is 0 Å². The van der Waals surface area contributed by atoms with Crippen LogP contribution < -0.4 is 14.8 Å². The van der Waals surface area contributed by atoms with Gasteiger partial charge in [-0.3, -0.25) is 9.59 Å². The van der Waals surface area contributed by atoms with Crippen LogP contribution in [-0.4, -0.2) is 42.1 Å². The SMILES string of the molecule is O=C(NC1CC1)C1CCCN1C(=O)c1cc(Cl)c2c(c1)OCO2. The molecule has 0 radical (unpaired) electrons. The average Bonchev–Trinajstić information content (AvgIpc) is 3.05. The standard InChI is InChI=1S/C16H17ClN2O4/c17-11-6-9(7-13-14(11)23-8-22-13)16(21)19-5-1-2-12(19)15(20)18-10-3-4-10/h6-7,10,12H,1-5,8H2,(H,18,20). The Morgan fingerprint density at radius 1 is 1.22 bits per heavy atom. The lowest BCUT2D eigenvalue weighted by molar-refractivity contribution is -0.125. The minimum absolute atomic E-state index is 0.0507. The highest BCUT2D eigenvalue weighted by Gasteiger charge is 2.37. The van der Waals surface area contributed by atoms with E-state index in [-0.39, 0.29) is 18.6 Å². The molecular formula is C16H17ClN2O4. The van der Waals surface area contributed by atoms with Crippen molar-refractivity contribution in [2.75, 3.05) is 13.3 Å². The maximum atomic E-state index is 12.8. The van der Waals surface area contributed by atoms with Crippen LogP contribution >= 0.6 is 11.6 Å². The van der Waals surface area contributed by atoms with Crippen molar-refractivity contribution >= 4 is 23.4 Å². The molecule has 23 heavy (non-hydrogen) atoms. The van der Waals surface area contributed by atoms with E-state index in [0.717, 1.165) is 19.3 Å². The third-order valence-electron chi connectivity index (χ3n) is 4.41. The minimum Gasteiger partial charge on any atom is -0.454 e. The number of rotatable bonds is 3. The number of carbonyl (C=O) groups excluding carboxylic acids is 2. The number of carbonyl (C=O) groups is 2. The average molecular weight is 337 g/mol. The fourth-order valence-corrected chi connectivity index (χ4v) is 3.33. The van der Waals surface area contributed by atoms with Gasteiger partial charge in [-0.2, -0.15) is 0 Å². The Labute approximate surface area is 138 Å². The van der Waals surface area contributed by atoms with Gasteiger partial charge in [0.2, 0.25) is 12.7 Å². The van der Waals surface area contributed by atoms with E-state index < -0.39 is 6.04 Å². The number of benzene rings is 1. The molecular weight excluding hydrogens is 320 g/mol. The lowest BCUT2D eigenvalue weighted by atomic mass is 10.1. The molecule has 1 aliphatic carbocycles. The molecule has 1 unspecified atom stereocenters. The van der Waals surface area contributed by atoms with Crippen LogP contribution in [-0.2, 0) is 4.79 Å². The molecule has 0 spiro atoms. The van der Waals surface area contributed by atoms with E-state index in [2.05, 4.69) is 5.32 Å². The van der Waals surface area contributed by atoms with E-state index in [9.17, 15) is 9.59 Å². The highest BCUT2D eigenvalue weighted by Crippen LogP contribution is 2.40. The minimum atomic E-state index is -0.396. The highest BCUT2D eigenvalue weighted by molar-refractivity contribution is 6.32. The van der Waals surface area contributed by atoms with Crippen molar-refractivity contribution in [2.24, 2.45) is 0 Å². The number of fused-ring (bicyclic) bond motifs is 1. The summed E-state index contributed by atoms with van der Waals surface area (Å²) >= 11 is 6.15. The molecule has 2 fully saturated rings. The van der Waals surface area contributed by atoms with E-state index in [4.69, 9.17) is 21.1 Å². The zero-order valence-electron chi connectivity index (χ0n) is 12.5. The highest BCUT2D eigenvalue weighted by atomic mass is 35.5. The van der Waals surface area contributed by atoms with Crippen molar-refractivity contribution in [3.05, 3.63) is 22.7 Å². The molecule has 6 nitrogen and oxygen atoms in total. The van der Waals surface area contributed by atoms with Gasteiger partial charge < -0.3 is 19.7 Å². The lowest BCUT2D eigenvalue weighted by Crippen LogP contribution is -2.46. The van der Waals surface area contributed by atoms with Crippen LogP contribution in [0.25, 0.3) is 0 Å². The summed E-state index contributed by atoms with van der Waals surface area (Å²) in [6.07, 6.45) is 3.59. The van der Waals surface area contributed by atoms with Gasteiger partial charge in [-0.05, 0) is 37.8 Å². The summed E-state index contributed by atoms with van der Waals surface area (Å²) in [5.74, 6) is 0.690. The predicted octanol–water partition coefficient (Wildman–Crippen LogP) is 1.95. The monoisotopic (exact) mass is 336 g/mol. The van der Waals surface area contributed by atoms with Gasteiger partial charge in [0, 0.05) is 18.2 Å². The zero-order valence-corrected chi connectivity index (χ0v) is 13.3. The summed E-state index contributed by atoms with van der Waals surface area (Å²) in [4.78, 5) is 26.8. The Morgan fingerprint density at radius 3 is 2.83 bits per heavy atom. The van der Waals surface area contributed by atoms with Crippen molar-refractivity contribution in [1.82, 2.24) is 10.2 Å². The van der Waals surface area contributed by atoms with Gasteiger partial charge >= 0.3 is 0 Å². The maximum absolute atomic E-state index is 12.8. The largest absolute Gasteiger partial charge is 0.454 e. The van der Waals surface area contributed by atoms with Crippen molar-refractivity contribution in [2.45, 2.75) is 37.8 Å². The van der Waals surface area contributed by atoms with Gasteiger partial charge in [0.25, 0.3) is 5.91 Å². The second-order valence-electron chi connectivity index (χ2n) is 6.13. The second-order valence-corrected chi connectivity index (χ2v) is 6.54. The van der Waals surface area contributed by atoms with Gasteiger partial charge in [-0.25, -0.2) is 0 Å². The molecule has 122 valence electrons. The van der Waals surface area contributed by atoms with Gasteiger partial charge in [0.15, 0.2) is 11.5 Å². The maximum Gasteiger partial charge on any atom is 0.254 e. The smallest absolute Gasteiger partial charge is 0.254 e. The Balaban J connectivity index is 1.55. The summed E-state index contributed by atoms with van der Waals surface area (Å²) in [7, 11) is 0. The van der Waals surface area contributed by atoms with E-state index in [0.29, 0.717) is 41.1 Å². The molecule has 4 rings (SSSR count). The van der Waals surface area contributed by atoms with E-state index in [1.165, 1.54) is 0 Å². The Kier molecular flexibility index (Phi) is 3.56. The van der Waals surface area contributed by atoms with Gasteiger partial charge in [0.05, 0.1) is 5.02 Å². The predicted molar refractivity (Wildman–Crippen MR) is 82.8 cm³/mol. The van der Waals surface area contributed by atoms with Gasteiger partial charge in [-0.15, -0.1) is 0 Å². The van der Waals surface area contributed by atoms with Crippen molar-refractivity contribution in [3.63, 3.8) is 0 Å². The molecule has 1 saturated carbocycles. The van der Waals surface area contributed by atoms with Crippen LogP contribution in [0, 0.1) is 0 Å². The number of likely N-dealkylation sites (tertiary alicyclic amines) is 1. The number of hydrogen-bond donors (Lipinski definition) is 1. The summed E-state index contributed by atoms with van der Waals surface area (Å²) in [6, 6.07) is 3.10. The third-order valence-corrected chi connectivity index (χ3v) is 4.69. The normalized spacial score (nSPS) is 22.3.